The summed E-state index contributed by atoms with van der Waals surface area (Å²) in [5, 5.41) is 3.01. The summed E-state index contributed by atoms with van der Waals surface area (Å²) in [5.41, 5.74) is -3.99. The van der Waals surface area contributed by atoms with Crippen LogP contribution >= 0.6 is 11.8 Å². The van der Waals surface area contributed by atoms with Crippen molar-refractivity contribution in [3.05, 3.63) is 89.5 Å². The number of carbonyl (C=O) groups excluding carboxylic acids is 2. The Kier molecular flexibility index (Phi) is 16.5. The molecular formula is C54H71F5N6O7S3. The van der Waals surface area contributed by atoms with E-state index in [2.05, 4.69) is 33.9 Å². The molecule has 9 rings (SSSR count). The molecule has 2 amide bonds. The number of allylic oxidation sites excluding steroid dienone is 1. The van der Waals surface area contributed by atoms with Gasteiger partial charge < -0.3 is 24.8 Å². The van der Waals surface area contributed by atoms with Crippen LogP contribution in [0.25, 0.3) is 0 Å². The molecule has 75 heavy (non-hydrogen) atoms. The summed E-state index contributed by atoms with van der Waals surface area (Å²) in [6.07, 6.45) is 3.78. The van der Waals surface area contributed by atoms with Crippen molar-refractivity contribution in [2.75, 3.05) is 75.4 Å². The number of sulfone groups is 1. The minimum absolute atomic E-state index is 0.0395. The van der Waals surface area contributed by atoms with Gasteiger partial charge in [0.2, 0.25) is 6.43 Å². The largest absolute Gasteiger partial charge is 0.501 e. The van der Waals surface area contributed by atoms with E-state index in [0.29, 0.717) is 83.1 Å². The smallest absolute Gasteiger partial charge is 0.444 e. The van der Waals surface area contributed by atoms with Gasteiger partial charge in [-0.25, -0.2) is 35.1 Å². The minimum atomic E-state index is -6.12. The highest BCUT2D eigenvalue weighted by Crippen LogP contribution is 2.79. The number of rotatable bonds is 18. The van der Waals surface area contributed by atoms with Crippen LogP contribution in [0.4, 0.5) is 38.1 Å². The molecule has 3 aromatic rings. The van der Waals surface area contributed by atoms with Crippen molar-refractivity contribution < 1.29 is 53.1 Å². The predicted octanol–water partition coefficient (Wildman–Crippen LogP) is 10.5. The zero-order valence-corrected chi connectivity index (χ0v) is 46.1. The van der Waals surface area contributed by atoms with Crippen molar-refractivity contribution in [2.24, 2.45) is 16.2 Å². The van der Waals surface area contributed by atoms with Crippen molar-refractivity contribution >= 4 is 55.0 Å². The summed E-state index contributed by atoms with van der Waals surface area (Å²) in [6, 6.07) is 17.3. The van der Waals surface area contributed by atoms with Crippen LogP contribution < -0.4 is 14.9 Å². The number of anilines is 2. The van der Waals surface area contributed by atoms with E-state index in [1.54, 1.807) is 44.9 Å². The second kappa shape index (κ2) is 21.8. The van der Waals surface area contributed by atoms with E-state index in [9.17, 15) is 48.4 Å². The molecule has 4 aliphatic carbocycles. The zero-order chi connectivity index (χ0) is 54.4. The average molecular weight is 1110 g/mol. The number of ether oxygens (including phenoxy) is 1. The lowest BCUT2D eigenvalue weighted by Gasteiger charge is -2.72. The molecule has 3 saturated carbocycles. The van der Waals surface area contributed by atoms with Gasteiger partial charge >= 0.3 is 11.6 Å². The normalized spacial score (nSPS) is 23.3. The second-order valence-corrected chi connectivity index (χ2v) is 27.9. The van der Waals surface area contributed by atoms with E-state index >= 15 is 0 Å². The lowest BCUT2D eigenvalue weighted by atomic mass is 9.32. The lowest BCUT2D eigenvalue weighted by Crippen LogP contribution is -2.66. The van der Waals surface area contributed by atoms with Gasteiger partial charge in [-0.05, 0) is 144 Å². The van der Waals surface area contributed by atoms with E-state index in [1.807, 2.05) is 35.1 Å². The van der Waals surface area contributed by atoms with Gasteiger partial charge in [0.1, 0.15) is 10.5 Å². The Balaban J connectivity index is 0.907. The van der Waals surface area contributed by atoms with Gasteiger partial charge in [0.25, 0.3) is 25.8 Å². The first kappa shape index (κ1) is 56.8. The van der Waals surface area contributed by atoms with Crippen LogP contribution in [0.3, 0.4) is 0 Å². The molecule has 0 unspecified atom stereocenters. The van der Waals surface area contributed by atoms with Crippen molar-refractivity contribution in [3.8, 4) is 0 Å². The summed E-state index contributed by atoms with van der Waals surface area (Å²) in [5.74, 6) is -0.748. The molecule has 0 radical (unpaired) electrons. The number of hydrogen-bond donors (Lipinski definition) is 2. The fourth-order valence-electron chi connectivity index (χ4n) is 11.6. The molecule has 13 nitrogen and oxygen atoms in total. The Morgan fingerprint density at radius 1 is 0.867 bits per heavy atom. The number of sulfonamides is 1. The van der Waals surface area contributed by atoms with E-state index in [1.165, 1.54) is 35.0 Å². The molecule has 21 heteroatoms. The number of thioether (sulfide) groups is 1. The van der Waals surface area contributed by atoms with Gasteiger partial charge in [0, 0.05) is 98.8 Å². The van der Waals surface area contributed by atoms with E-state index in [-0.39, 0.29) is 22.4 Å². The summed E-state index contributed by atoms with van der Waals surface area (Å²) >= 11 is 1.42. The molecular weight excluding hydrogens is 1040 g/mol. The fraction of sp³-hybridized carbons (Fsp3) is 0.593. The highest BCUT2D eigenvalue weighted by atomic mass is 32.2. The molecule has 2 saturated heterocycles. The number of alkyl halides is 5. The zero-order valence-electron chi connectivity index (χ0n) is 43.6. The molecule has 2 aliphatic heterocycles. The molecule has 5 fully saturated rings. The maximum absolute atomic E-state index is 14.4. The number of hydrogen-bond acceptors (Lipinski definition) is 12. The van der Waals surface area contributed by atoms with Gasteiger partial charge in [-0.1, -0.05) is 43.2 Å². The van der Waals surface area contributed by atoms with Crippen LogP contribution in [0.2, 0.25) is 0 Å². The highest BCUT2D eigenvalue weighted by molar-refractivity contribution is 7.99. The molecule has 0 aromatic heterocycles. The number of likely N-dealkylation sites (tertiary alicyclic amines) is 1. The Bertz CT molecular complexity index is 2790. The molecule has 3 aromatic carbocycles. The van der Waals surface area contributed by atoms with Crippen molar-refractivity contribution in [2.45, 2.75) is 137 Å². The number of nitrogens with zero attached hydrogens (tertiary/aromatic N) is 4. The molecule has 0 spiro atoms. The number of halogens is 5. The molecule has 6 aliphatic rings. The third-order valence-electron chi connectivity index (χ3n) is 15.9. The number of piperidine rings is 1. The van der Waals surface area contributed by atoms with E-state index in [0.717, 1.165) is 61.6 Å². The third kappa shape index (κ3) is 13.0. The third-order valence-corrected chi connectivity index (χ3v) is 19.9. The van der Waals surface area contributed by atoms with Crippen LogP contribution in [-0.2, 0) is 24.6 Å². The van der Waals surface area contributed by atoms with Gasteiger partial charge in [0.15, 0.2) is 0 Å². The predicted molar refractivity (Wildman–Crippen MR) is 281 cm³/mol. The molecule has 2 bridgehead atoms. The van der Waals surface area contributed by atoms with Crippen molar-refractivity contribution in [1.82, 2.24) is 19.4 Å². The number of carbonyl (C=O) groups is 2. The highest BCUT2D eigenvalue weighted by Gasteiger charge is 2.73. The Morgan fingerprint density at radius 3 is 2.11 bits per heavy atom. The number of amides is 2. The Hall–Kier alpha value is -4.44. The van der Waals surface area contributed by atoms with Crippen LogP contribution in [0, 0.1) is 16.2 Å². The molecule has 2 N–H and O–H groups in total. The number of benzene rings is 3. The summed E-state index contributed by atoms with van der Waals surface area (Å²) < 4.78 is 132. The van der Waals surface area contributed by atoms with Crippen molar-refractivity contribution in [3.63, 3.8) is 0 Å². The molecule has 412 valence electrons. The number of nitrogens with one attached hydrogen (secondary N) is 2. The fourth-order valence-corrected chi connectivity index (χ4v) is 14.6. The van der Waals surface area contributed by atoms with Crippen LogP contribution in [-0.4, -0.2) is 138 Å². The lowest BCUT2D eigenvalue weighted by molar-refractivity contribution is -0.250. The van der Waals surface area contributed by atoms with Crippen LogP contribution in [0.1, 0.15) is 103 Å². The molecule has 1 atom stereocenters. The quantitative estimate of drug-likeness (QED) is 0.0710. The minimum Gasteiger partial charge on any atom is -0.444 e. The summed E-state index contributed by atoms with van der Waals surface area (Å²) in [6.45, 7) is 15.4. The van der Waals surface area contributed by atoms with Crippen LogP contribution in [0.15, 0.2) is 98.6 Å². The van der Waals surface area contributed by atoms with E-state index in [4.69, 9.17) is 4.74 Å². The van der Waals surface area contributed by atoms with Gasteiger partial charge in [-0.2, -0.15) is 13.2 Å². The first-order valence-electron chi connectivity index (χ1n) is 25.8. The van der Waals surface area contributed by atoms with Crippen molar-refractivity contribution in [1.29, 1.82) is 0 Å². The maximum Gasteiger partial charge on any atom is 0.501 e. The Labute approximate surface area is 443 Å². The standard InChI is InChI=1S/C54H71F5N6O7S3/c1-50(2,3)72-49(67)62(6)40-20-24-63(25-21-40)23-19-39(33-73-42-10-8-7-9-11-42)60-45-17-16-43(30-46(45)74(68,69)54(57,58)59)75(70,71)61-47(66)37-12-14-41(15-13-37)65-28-26-64(27-29-65)32-38-18-22-51(4,5)31-44(38)52-34-53(35-52,36-52)48(55)56/h7-17,30,39-40,48,60H,18-29,31-36H2,1-6H3,(H,61,66)/t39-,52?,53?/m1/s1. The Morgan fingerprint density at radius 2 is 1.51 bits per heavy atom. The summed E-state index contributed by atoms with van der Waals surface area (Å²) in [7, 11) is -9.32. The summed E-state index contributed by atoms with van der Waals surface area (Å²) in [4.78, 5) is 33.2. The topological polar surface area (TPSA) is 149 Å². The van der Waals surface area contributed by atoms with Gasteiger partial charge in [-0.15, -0.1) is 11.8 Å². The number of piperazine rings is 1. The van der Waals surface area contributed by atoms with E-state index < -0.39 is 76.3 Å². The SMILES string of the molecule is CN(C(=O)OC(C)(C)C)C1CCN(CC[C@H](CSc2ccccc2)Nc2ccc(S(=O)(=O)NC(=O)c3ccc(N4CCN(CC5=C(C67CC(C(F)F)(C6)C7)CC(C)(C)CC5)CC4)cc3)cc2S(=O)(=O)C(F)(F)F)CC1. The monoisotopic (exact) mass is 1110 g/mol. The first-order chi connectivity index (χ1) is 35.1. The van der Waals surface area contributed by atoms with Gasteiger partial charge in [-0.3, -0.25) is 9.69 Å². The van der Waals surface area contributed by atoms with Gasteiger partial charge in [0.05, 0.1) is 10.6 Å². The average Bonchev–Trinajstić information content (AvgIpc) is 3.31. The second-order valence-electron chi connectivity index (χ2n) is 23.2. The molecule has 2 heterocycles. The maximum atomic E-state index is 14.4. The van der Waals surface area contributed by atoms with Crippen LogP contribution in [0.5, 0.6) is 0 Å². The first-order valence-corrected chi connectivity index (χ1v) is 29.7.